The number of carbonyl (C=O) groups excluding carboxylic acids is 2. The van der Waals surface area contributed by atoms with Gasteiger partial charge in [-0.25, -0.2) is 8.42 Å². The molecular weight excluding hydrogens is 581 g/mol. The van der Waals surface area contributed by atoms with Crippen LogP contribution in [0.25, 0.3) is 0 Å². The molecule has 2 fully saturated rings. The van der Waals surface area contributed by atoms with Crippen LogP contribution < -0.4 is 15.4 Å². The number of anilines is 1. The first-order chi connectivity index (χ1) is 20.9. The van der Waals surface area contributed by atoms with Crippen LogP contribution in [-0.4, -0.2) is 57.4 Å². The Morgan fingerprint density at radius 2 is 1.51 bits per heavy atom. The molecule has 5 rings (SSSR count). The van der Waals surface area contributed by atoms with Crippen molar-refractivity contribution >= 4 is 39.3 Å². The number of likely N-dealkylation sites (tertiary alicyclic amines) is 1. The van der Waals surface area contributed by atoms with E-state index >= 15 is 0 Å². The molecule has 2 amide bonds. The van der Waals surface area contributed by atoms with Crippen LogP contribution in [0.3, 0.4) is 0 Å². The Bertz CT molecular complexity index is 1470. The van der Waals surface area contributed by atoms with Gasteiger partial charge in [-0.3, -0.25) is 14.3 Å². The lowest BCUT2D eigenvalue weighted by atomic mass is 9.84. The highest BCUT2D eigenvalue weighted by Gasteiger charge is 2.24. The quantitative estimate of drug-likeness (QED) is 0.246. The number of para-hydroxylation sites is 1. The largest absolute Gasteiger partial charge is 0.352 e. The molecule has 0 aromatic heterocycles. The second kappa shape index (κ2) is 14.9. The summed E-state index contributed by atoms with van der Waals surface area (Å²) in [5, 5.41) is 5.71. The number of hydrogen-bond donors (Lipinski definition) is 3. The fourth-order valence-electron chi connectivity index (χ4n) is 5.75. The smallest absolute Gasteiger partial charge is 0.261 e. The minimum Gasteiger partial charge on any atom is -0.352 e. The Hall–Kier alpha value is -3.34. The topological polar surface area (TPSA) is 108 Å². The molecule has 10 heteroatoms. The van der Waals surface area contributed by atoms with Crippen molar-refractivity contribution in [1.29, 1.82) is 0 Å². The van der Waals surface area contributed by atoms with Crippen LogP contribution in [0, 0.1) is 5.92 Å². The number of hydrogen-bond acceptors (Lipinski definition) is 6. The zero-order valence-corrected chi connectivity index (χ0v) is 26.0. The molecule has 0 atom stereocenters. The van der Waals surface area contributed by atoms with Gasteiger partial charge in [-0.2, -0.15) is 0 Å². The van der Waals surface area contributed by atoms with Crippen molar-refractivity contribution in [3.8, 4) is 0 Å². The van der Waals surface area contributed by atoms with E-state index in [1.54, 1.807) is 12.1 Å². The van der Waals surface area contributed by atoms with Crippen LogP contribution in [0.1, 0.15) is 55.3 Å². The highest BCUT2D eigenvalue weighted by atomic mass is 32.2. The maximum Gasteiger partial charge on any atom is 0.261 e. The summed E-state index contributed by atoms with van der Waals surface area (Å²) in [7, 11) is -3.89. The Kier molecular flexibility index (Phi) is 10.8. The van der Waals surface area contributed by atoms with Crippen LogP contribution in [0.4, 0.5) is 5.69 Å². The molecule has 1 aliphatic heterocycles. The summed E-state index contributed by atoms with van der Waals surface area (Å²) in [5.41, 5.74) is 0.755. The molecule has 0 radical (unpaired) electrons. The monoisotopic (exact) mass is 620 g/mol. The van der Waals surface area contributed by atoms with Gasteiger partial charge in [0.1, 0.15) is 0 Å². The normalized spacial score (nSPS) is 19.1. The highest BCUT2D eigenvalue weighted by molar-refractivity contribution is 7.99. The third kappa shape index (κ3) is 9.08. The fourth-order valence-corrected chi connectivity index (χ4v) is 7.82. The second-order valence-corrected chi connectivity index (χ2v) is 14.1. The molecule has 228 valence electrons. The summed E-state index contributed by atoms with van der Waals surface area (Å²) in [6, 6.07) is 22.8. The lowest BCUT2D eigenvalue weighted by Gasteiger charge is -2.30. The van der Waals surface area contributed by atoms with Gasteiger partial charge in [0.2, 0.25) is 5.91 Å². The number of benzene rings is 3. The molecule has 3 aromatic carbocycles. The molecule has 0 spiro atoms. The summed E-state index contributed by atoms with van der Waals surface area (Å²) in [6.45, 7) is 3.55. The van der Waals surface area contributed by atoms with E-state index in [0.29, 0.717) is 5.69 Å². The maximum atomic E-state index is 13.1. The number of nitrogens with zero attached hydrogens (tertiary/aromatic N) is 1. The van der Waals surface area contributed by atoms with Gasteiger partial charge in [-0.05, 0) is 119 Å². The van der Waals surface area contributed by atoms with Gasteiger partial charge >= 0.3 is 0 Å². The van der Waals surface area contributed by atoms with Gasteiger partial charge in [-0.1, -0.05) is 42.1 Å². The summed E-state index contributed by atoms with van der Waals surface area (Å²) < 4.78 is 28.9. The van der Waals surface area contributed by atoms with Crippen molar-refractivity contribution in [3.63, 3.8) is 0 Å². The van der Waals surface area contributed by atoms with Gasteiger partial charge in [0.05, 0.1) is 17.1 Å². The lowest BCUT2D eigenvalue weighted by Crippen LogP contribution is -2.43. The van der Waals surface area contributed by atoms with Crippen LogP contribution in [-0.2, 0) is 14.8 Å². The van der Waals surface area contributed by atoms with Gasteiger partial charge in [-0.15, -0.1) is 0 Å². The Morgan fingerprint density at radius 1 is 0.837 bits per heavy atom. The van der Waals surface area contributed by atoms with Crippen molar-refractivity contribution in [2.75, 3.05) is 30.9 Å². The van der Waals surface area contributed by atoms with Gasteiger partial charge in [0.25, 0.3) is 15.9 Å². The predicted molar refractivity (Wildman–Crippen MR) is 171 cm³/mol. The lowest BCUT2D eigenvalue weighted by molar-refractivity contribution is -0.121. The average Bonchev–Trinajstić information content (AvgIpc) is 3.55. The average molecular weight is 621 g/mol. The number of amides is 2. The molecule has 43 heavy (non-hydrogen) atoms. The van der Waals surface area contributed by atoms with Gasteiger partial charge < -0.3 is 15.5 Å². The minimum atomic E-state index is -3.89. The molecule has 1 aliphatic carbocycles. The summed E-state index contributed by atoms with van der Waals surface area (Å²) >= 11 is 1.47. The molecule has 1 heterocycles. The Morgan fingerprint density at radius 3 is 2.23 bits per heavy atom. The number of nitrogens with one attached hydrogen (secondary N) is 3. The minimum absolute atomic E-state index is 0.0392. The van der Waals surface area contributed by atoms with Crippen LogP contribution in [0.15, 0.2) is 93.5 Å². The zero-order chi connectivity index (χ0) is 30.1. The molecule has 8 nitrogen and oxygen atoms in total. The number of rotatable bonds is 12. The van der Waals surface area contributed by atoms with Crippen LogP contribution in [0.5, 0.6) is 0 Å². The van der Waals surface area contributed by atoms with E-state index in [2.05, 4.69) is 20.3 Å². The zero-order valence-electron chi connectivity index (χ0n) is 24.3. The van der Waals surface area contributed by atoms with E-state index in [1.807, 2.05) is 42.5 Å². The molecule has 3 N–H and O–H groups in total. The van der Waals surface area contributed by atoms with Crippen molar-refractivity contribution in [3.05, 3.63) is 84.4 Å². The van der Waals surface area contributed by atoms with E-state index in [0.717, 1.165) is 41.4 Å². The van der Waals surface area contributed by atoms with E-state index in [4.69, 9.17) is 0 Å². The summed E-state index contributed by atoms with van der Waals surface area (Å²) in [4.78, 5) is 29.6. The van der Waals surface area contributed by atoms with Crippen LogP contribution in [0.2, 0.25) is 0 Å². The van der Waals surface area contributed by atoms with Gasteiger partial charge in [0.15, 0.2) is 0 Å². The molecule has 1 saturated carbocycles. The Balaban J connectivity index is 1.07. The van der Waals surface area contributed by atoms with E-state index in [-0.39, 0.29) is 29.0 Å². The van der Waals surface area contributed by atoms with Crippen LogP contribution >= 0.6 is 11.8 Å². The first-order valence-corrected chi connectivity index (χ1v) is 17.4. The predicted octanol–water partition coefficient (Wildman–Crippen LogP) is 5.53. The van der Waals surface area contributed by atoms with Gasteiger partial charge in [0, 0.05) is 21.4 Å². The van der Waals surface area contributed by atoms with Crippen molar-refractivity contribution < 1.29 is 18.0 Å². The molecule has 3 aromatic rings. The van der Waals surface area contributed by atoms with Crippen molar-refractivity contribution in [1.82, 2.24) is 15.5 Å². The molecular formula is C33H40N4O4S2. The standard InChI is InChI=1S/C33H40N4O4S2/c38-32(35-27-16-12-25(13-17-27)20-23-37-21-6-7-22-37)24-34-33(39)26-14-18-29(19-15-26)43(40,41)36-30-10-4-5-11-31(30)42-28-8-2-1-3-9-28/h1-5,8-11,14-15,18-19,25,27,36H,6-7,12-13,16-17,20-24H2,(H,34,39)(H,35,38). The molecule has 0 bridgehead atoms. The summed E-state index contributed by atoms with van der Waals surface area (Å²) in [5.74, 6) is 0.102. The fraction of sp³-hybridized carbons (Fsp3) is 0.394. The second-order valence-electron chi connectivity index (χ2n) is 11.3. The highest BCUT2D eigenvalue weighted by Crippen LogP contribution is 2.34. The maximum absolute atomic E-state index is 13.1. The molecule has 2 aliphatic rings. The first-order valence-electron chi connectivity index (χ1n) is 15.1. The molecule has 1 saturated heterocycles. The van der Waals surface area contributed by atoms with Crippen molar-refractivity contribution in [2.45, 2.75) is 65.7 Å². The third-order valence-electron chi connectivity index (χ3n) is 8.20. The Labute approximate surface area is 259 Å². The van der Waals surface area contributed by atoms with Crippen molar-refractivity contribution in [2.24, 2.45) is 5.92 Å². The van der Waals surface area contributed by atoms with E-state index < -0.39 is 15.9 Å². The van der Waals surface area contributed by atoms with E-state index in [9.17, 15) is 18.0 Å². The molecule has 0 unspecified atom stereocenters. The number of carbonyl (C=O) groups is 2. The first kappa shape index (κ1) is 31.1. The summed E-state index contributed by atoms with van der Waals surface area (Å²) in [6.07, 6.45) is 8.11. The number of sulfonamides is 1. The van der Waals surface area contributed by atoms with E-state index in [1.165, 1.54) is 74.9 Å². The SMILES string of the molecule is O=C(CNC(=O)c1ccc(S(=O)(=O)Nc2ccccc2Sc2ccccc2)cc1)NC1CCC(CCN2CCCC2)CC1. The third-order valence-corrected chi connectivity index (χ3v) is 10.7.